The van der Waals surface area contributed by atoms with Crippen LogP contribution < -0.4 is 19.5 Å². The summed E-state index contributed by atoms with van der Waals surface area (Å²) in [7, 11) is 0. The van der Waals surface area contributed by atoms with Crippen LogP contribution in [-0.2, 0) is 12.0 Å². The second-order valence-electron chi connectivity index (χ2n) is 9.46. The average Bonchev–Trinajstić information content (AvgIpc) is 2.90. The molecule has 0 spiro atoms. The molecule has 0 saturated carbocycles. The van der Waals surface area contributed by atoms with Gasteiger partial charge in [-0.25, -0.2) is 14.4 Å². The molecule has 3 aromatic carbocycles. The third kappa shape index (κ3) is 6.32. The second kappa shape index (κ2) is 11.8. The van der Waals surface area contributed by atoms with Crippen LogP contribution in [0.2, 0.25) is 0 Å². The van der Waals surface area contributed by atoms with Gasteiger partial charge in [0.2, 0.25) is 0 Å². The highest BCUT2D eigenvalue weighted by Gasteiger charge is 2.40. The van der Waals surface area contributed by atoms with E-state index in [1.807, 2.05) is 54.6 Å². The van der Waals surface area contributed by atoms with Gasteiger partial charge >= 0.3 is 18.5 Å². The Kier molecular flexibility index (Phi) is 8.23. The molecule has 0 bridgehead atoms. The first-order valence-corrected chi connectivity index (χ1v) is 12.4. The molecule has 4 N–H and O–H groups in total. The standard InChI is InChI=1S/C29H27NO10/c1-17(18-8-3-2-4-9-18)16-29(13-7-11-19-10-5-6-12-21(19)29)30-25(31)20-14-23(39-27(34)35)24(40-28(36)37)15-22(20)38-26(32)33/h2-6,8-10,12,14-15,17H,7,11,13,16H2,1H3,(H,30,31)(H,32,33)(H,34,35)(H,36,37)/t17?,29-/m0/s1. The van der Waals surface area contributed by atoms with Crippen LogP contribution in [0.3, 0.4) is 0 Å². The monoisotopic (exact) mass is 549 g/mol. The Morgan fingerprint density at radius 1 is 0.825 bits per heavy atom. The number of hydrogen-bond acceptors (Lipinski definition) is 7. The maximum Gasteiger partial charge on any atom is 0.511 e. The Balaban J connectivity index is 1.80. The van der Waals surface area contributed by atoms with Crippen LogP contribution in [0, 0.1) is 0 Å². The molecule has 2 atom stereocenters. The number of aryl methyl sites for hydroxylation is 1. The maximum absolute atomic E-state index is 13.9. The molecule has 4 rings (SSSR count). The quantitative estimate of drug-likeness (QED) is 0.193. The second-order valence-corrected chi connectivity index (χ2v) is 9.46. The lowest BCUT2D eigenvalue weighted by Gasteiger charge is -2.42. The molecule has 1 aliphatic rings. The SMILES string of the molecule is CC(C[C@@]1(NC(=O)c2cc(OC(=O)O)c(OC(=O)O)cc2OC(=O)O)CCCc2ccccc21)c1ccccc1. The normalized spacial score (nSPS) is 16.6. The van der Waals surface area contributed by atoms with Gasteiger partial charge in [-0.3, -0.25) is 4.79 Å². The van der Waals surface area contributed by atoms with Crippen molar-refractivity contribution in [3.05, 3.63) is 89.0 Å². The molecule has 40 heavy (non-hydrogen) atoms. The van der Waals surface area contributed by atoms with E-state index in [1.54, 1.807) is 0 Å². The molecule has 0 saturated heterocycles. The van der Waals surface area contributed by atoms with Gasteiger partial charge in [-0.2, -0.15) is 0 Å². The average molecular weight is 550 g/mol. The molecule has 0 aromatic heterocycles. The molecule has 3 aromatic rings. The topological polar surface area (TPSA) is 169 Å². The summed E-state index contributed by atoms with van der Waals surface area (Å²) >= 11 is 0. The predicted octanol–water partition coefficient (Wildman–Crippen LogP) is 6.01. The molecule has 11 nitrogen and oxygen atoms in total. The van der Waals surface area contributed by atoms with Gasteiger partial charge in [-0.15, -0.1) is 0 Å². The van der Waals surface area contributed by atoms with Crippen molar-refractivity contribution in [3.63, 3.8) is 0 Å². The lowest BCUT2D eigenvalue weighted by molar-refractivity contribution is 0.0866. The van der Waals surface area contributed by atoms with E-state index in [9.17, 15) is 24.3 Å². The summed E-state index contributed by atoms with van der Waals surface area (Å²) in [5.74, 6) is -2.62. The Morgan fingerprint density at radius 3 is 2.05 bits per heavy atom. The summed E-state index contributed by atoms with van der Waals surface area (Å²) in [6.45, 7) is 2.05. The molecule has 11 heteroatoms. The van der Waals surface area contributed by atoms with Crippen molar-refractivity contribution in [1.29, 1.82) is 0 Å². The third-order valence-corrected chi connectivity index (χ3v) is 6.84. The minimum atomic E-state index is -1.82. The Morgan fingerprint density at radius 2 is 1.40 bits per heavy atom. The molecular weight excluding hydrogens is 522 g/mol. The molecule has 0 radical (unpaired) electrons. The molecule has 0 heterocycles. The van der Waals surface area contributed by atoms with Crippen molar-refractivity contribution in [2.75, 3.05) is 0 Å². The van der Waals surface area contributed by atoms with Crippen molar-refractivity contribution in [1.82, 2.24) is 5.32 Å². The number of carbonyl (C=O) groups excluding carboxylic acids is 1. The number of nitrogens with one attached hydrogen (secondary N) is 1. The van der Waals surface area contributed by atoms with Gasteiger partial charge in [0.1, 0.15) is 0 Å². The molecular formula is C29H27NO10. The van der Waals surface area contributed by atoms with Crippen molar-refractivity contribution in [2.45, 2.75) is 44.1 Å². The minimum absolute atomic E-state index is 0.0136. The summed E-state index contributed by atoms with van der Waals surface area (Å²) in [5.41, 5.74) is 1.81. The Labute approximate surface area is 228 Å². The van der Waals surface area contributed by atoms with E-state index in [0.717, 1.165) is 41.7 Å². The summed E-state index contributed by atoms with van der Waals surface area (Å²) in [6, 6.07) is 19.2. The molecule has 1 amide bonds. The lowest BCUT2D eigenvalue weighted by Crippen LogP contribution is -2.49. The van der Waals surface area contributed by atoms with Gasteiger partial charge in [-0.05, 0) is 48.3 Å². The van der Waals surface area contributed by atoms with Crippen LogP contribution >= 0.6 is 0 Å². The number of fused-ring (bicyclic) bond motifs is 1. The highest BCUT2D eigenvalue weighted by atomic mass is 16.7. The number of ether oxygens (including phenoxy) is 3. The number of carboxylic acid groups (broad SMARTS) is 3. The summed E-state index contributed by atoms with van der Waals surface area (Å²) in [5, 5.41) is 30.5. The fraction of sp³-hybridized carbons (Fsp3) is 0.241. The van der Waals surface area contributed by atoms with Crippen LogP contribution in [0.1, 0.15) is 59.2 Å². The van der Waals surface area contributed by atoms with E-state index in [4.69, 9.17) is 14.9 Å². The highest BCUT2D eigenvalue weighted by Crippen LogP contribution is 2.43. The van der Waals surface area contributed by atoms with E-state index >= 15 is 0 Å². The van der Waals surface area contributed by atoms with Gasteiger partial charge in [0, 0.05) is 12.1 Å². The van der Waals surface area contributed by atoms with E-state index in [0.29, 0.717) is 12.8 Å². The zero-order valence-corrected chi connectivity index (χ0v) is 21.5. The predicted molar refractivity (Wildman–Crippen MR) is 140 cm³/mol. The van der Waals surface area contributed by atoms with Crippen molar-refractivity contribution in [3.8, 4) is 17.2 Å². The maximum atomic E-state index is 13.9. The third-order valence-electron chi connectivity index (χ3n) is 6.84. The van der Waals surface area contributed by atoms with E-state index in [2.05, 4.69) is 21.7 Å². The zero-order valence-electron chi connectivity index (χ0n) is 21.5. The molecule has 1 aliphatic carbocycles. The van der Waals surface area contributed by atoms with E-state index < -0.39 is 47.2 Å². The van der Waals surface area contributed by atoms with Gasteiger partial charge in [0.15, 0.2) is 17.2 Å². The fourth-order valence-corrected chi connectivity index (χ4v) is 5.27. The molecule has 1 unspecified atom stereocenters. The van der Waals surface area contributed by atoms with Gasteiger partial charge in [0.25, 0.3) is 5.91 Å². The van der Waals surface area contributed by atoms with Gasteiger partial charge < -0.3 is 34.8 Å². The minimum Gasteiger partial charge on any atom is -0.449 e. The number of amides is 1. The van der Waals surface area contributed by atoms with Crippen LogP contribution in [0.4, 0.5) is 14.4 Å². The first kappa shape index (κ1) is 28.0. The van der Waals surface area contributed by atoms with Crippen LogP contribution in [-0.4, -0.2) is 39.7 Å². The first-order chi connectivity index (χ1) is 19.1. The molecule has 0 aliphatic heterocycles. The van der Waals surface area contributed by atoms with E-state index in [-0.39, 0.29) is 11.5 Å². The zero-order chi connectivity index (χ0) is 28.9. The summed E-state index contributed by atoms with van der Waals surface area (Å²) < 4.78 is 14.0. The fourth-order valence-electron chi connectivity index (χ4n) is 5.27. The van der Waals surface area contributed by atoms with Gasteiger partial charge in [-0.1, -0.05) is 61.5 Å². The summed E-state index contributed by atoms with van der Waals surface area (Å²) in [4.78, 5) is 47.7. The van der Waals surface area contributed by atoms with Crippen molar-refractivity contribution < 1.29 is 48.7 Å². The number of hydrogen-bond donors (Lipinski definition) is 4. The molecule has 208 valence electrons. The van der Waals surface area contributed by atoms with Crippen LogP contribution in [0.15, 0.2) is 66.7 Å². The van der Waals surface area contributed by atoms with Gasteiger partial charge in [0.05, 0.1) is 11.1 Å². The smallest absolute Gasteiger partial charge is 0.449 e. The van der Waals surface area contributed by atoms with Crippen molar-refractivity contribution in [2.24, 2.45) is 0 Å². The summed E-state index contributed by atoms with van der Waals surface area (Å²) in [6.07, 6.45) is -2.72. The lowest BCUT2D eigenvalue weighted by atomic mass is 9.71. The number of benzene rings is 3. The number of carbonyl (C=O) groups is 4. The number of rotatable bonds is 8. The highest BCUT2D eigenvalue weighted by molar-refractivity contribution is 5.99. The van der Waals surface area contributed by atoms with Crippen LogP contribution in [0.25, 0.3) is 0 Å². The first-order valence-electron chi connectivity index (χ1n) is 12.4. The Hall–Kier alpha value is -5.06. The largest absolute Gasteiger partial charge is 0.511 e. The molecule has 0 fully saturated rings. The van der Waals surface area contributed by atoms with E-state index in [1.165, 1.54) is 0 Å². The Bertz CT molecular complexity index is 1440. The van der Waals surface area contributed by atoms with Crippen LogP contribution in [0.5, 0.6) is 17.2 Å². The van der Waals surface area contributed by atoms with Crippen molar-refractivity contribution >= 4 is 24.4 Å².